The Kier molecular flexibility index (Phi) is 6.70. The second-order valence-corrected chi connectivity index (χ2v) is 7.51. The highest BCUT2D eigenvalue weighted by Gasteiger charge is 2.52. The topological polar surface area (TPSA) is 110 Å². The molecule has 0 aliphatic heterocycles. The lowest BCUT2D eigenvalue weighted by atomic mass is 9.68. The van der Waals surface area contributed by atoms with Crippen molar-refractivity contribution in [3.63, 3.8) is 0 Å². The molecule has 3 atom stereocenters. The summed E-state index contributed by atoms with van der Waals surface area (Å²) < 4.78 is 65.8. The molecule has 0 aromatic carbocycles. The Labute approximate surface area is 140 Å². The third kappa shape index (κ3) is 4.41. The van der Waals surface area contributed by atoms with Crippen LogP contribution in [-0.2, 0) is 24.4 Å². The quantitative estimate of drug-likeness (QED) is 0.467. The first kappa shape index (κ1) is 21.2. The van der Waals surface area contributed by atoms with Gasteiger partial charge in [0.1, 0.15) is 6.61 Å². The molecule has 0 spiro atoms. The SMILES string of the molecule is CCC(O)(CC)C1CCC1OCC(=O)OC(C)C(F)(F)S(=O)(=O)O. The van der Waals surface area contributed by atoms with Gasteiger partial charge in [0.25, 0.3) is 0 Å². The van der Waals surface area contributed by atoms with Crippen molar-refractivity contribution in [1.29, 1.82) is 0 Å². The Morgan fingerprint density at radius 1 is 1.29 bits per heavy atom. The van der Waals surface area contributed by atoms with Gasteiger partial charge in [-0.1, -0.05) is 13.8 Å². The molecule has 0 aromatic heterocycles. The van der Waals surface area contributed by atoms with E-state index in [1.54, 1.807) is 0 Å². The third-order valence-corrected chi connectivity index (χ3v) is 5.69. The molecule has 1 fully saturated rings. The Balaban J connectivity index is 2.53. The third-order valence-electron chi connectivity index (χ3n) is 4.67. The average Bonchev–Trinajstić information content (AvgIpc) is 2.44. The smallest absolute Gasteiger partial charge is 0.405 e. The number of hydrogen-bond donors (Lipinski definition) is 2. The molecule has 1 saturated carbocycles. The lowest BCUT2D eigenvalue weighted by Gasteiger charge is -2.46. The van der Waals surface area contributed by atoms with Crippen LogP contribution >= 0.6 is 0 Å². The van der Waals surface area contributed by atoms with E-state index >= 15 is 0 Å². The molecule has 1 aliphatic carbocycles. The average molecular weight is 374 g/mol. The molecule has 24 heavy (non-hydrogen) atoms. The molecule has 0 aromatic rings. The Hall–Kier alpha value is -0.840. The summed E-state index contributed by atoms with van der Waals surface area (Å²) in [7, 11) is -5.69. The molecule has 142 valence electrons. The van der Waals surface area contributed by atoms with Crippen molar-refractivity contribution >= 4 is 16.1 Å². The lowest BCUT2D eigenvalue weighted by Crippen LogP contribution is -2.51. The highest BCUT2D eigenvalue weighted by Crippen LogP contribution is 2.42. The van der Waals surface area contributed by atoms with Crippen LogP contribution in [0.3, 0.4) is 0 Å². The minimum atomic E-state index is -5.69. The van der Waals surface area contributed by atoms with Crippen molar-refractivity contribution in [2.24, 2.45) is 5.92 Å². The van der Waals surface area contributed by atoms with Crippen molar-refractivity contribution in [1.82, 2.24) is 0 Å². The number of rotatable bonds is 9. The van der Waals surface area contributed by atoms with Gasteiger partial charge in [0, 0.05) is 5.92 Å². The number of hydrogen-bond acceptors (Lipinski definition) is 6. The van der Waals surface area contributed by atoms with Crippen molar-refractivity contribution in [3.05, 3.63) is 0 Å². The predicted octanol–water partition coefficient (Wildman–Crippen LogP) is 1.75. The Morgan fingerprint density at radius 2 is 1.83 bits per heavy atom. The number of carbonyl (C=O) groups excluding carboxylic acids is 1. The minimum Gasteiger partial charge on any atom is -0.453 e. The van der Waals surface area contributed by atoms with E-state index in [1.807, 2.05) is 13.8 Å². The summed E-state index contributed by atoms with van der Waals surface area (Å²) >= 11 is 0. The van der Waals surface area contributed by atoms with Gasteiger partial charge >= 0.3 is 21.3 Å². The first-order valence-corrected chi connectivity index (χ1v) is 9.21. The van der Waals surface area contributed by atoms with Gasteiger partial charge in [-0.2, -0.15) is 17.2 Å². The highest BCUT2D eigenvalue weighted by atomic mass is 32.2. The highest BCUT2D eigenvalue weighted by molar-refractivity contribution is 7.86. The first-order chi connectivity index (χ1) is 10.9. The van der Waals surface area contributed by atoms with Crippen LogP contribution in [0.2, 0.25) is 0 Å². The van der Waals surface area contributed by atoms with Crippen molar-refractivity contribution in [2.45, 2.75) is 69.5 Å². The second kappa shape index (κ2) is 7.59. The van der Waals surface area contributed by atoms with Crippen LogP contribution in [0.4, 0.5) is 8.78 Å². The number of halogens is 2. The maximum absolute atomic E-state index is 13.3. The molecule has 0 saturated heterocycles. The van der Waals surface area contributed by atoms with E-state index in [0.717, 1.165) is 6.42 Å². The van der Waals surface area contributed by atoms with Gasteiger partial charge in [-0.05, 0) is 32.6 Å². The summed E-state index contributed by atoms with van der Waals surface area (Å²) in [6.07, 6.45) is -0.345. The van der Waals surface area contributed by atoms with Crippen molar-refractivity contribution in [3.8, 4) is 0 Å². The summed E-state index contributed by atoms with van der Waals surface area (Å²) in [5, 5.41) is 5.83. The van der Waals surface area contributed by atoms with E-state index in [1.165, 1.54) is 0 Å². The van der Waals surface area contributed by atoms with Gasteiger partial charge < -0.3 is 14.6 Å². The minimum absolute atomic E-state index is 0.156. The second-order valence-electron chi connectivity index (χ2n) is 6.01. The Bertz CT molecular complexity index is 545. The summed E-state index contributed by atoms with van der Waals surface area (Å²) in [5.41, 5.74) is -0.905. The maximum atomic E-state index is 13.3. The molecule has 0 amide bonds. The van der Waals surface area contributed by atoms with Crippen LogP contribution in [0.15, 0.2) is 0 Å². The van der Waals surface area contributed by atoms with Crippen LogP contribution in [0.5, 0.6) is 0 Å². The molecule has 7 nitrogen and oxygen atoms in total. The predicted molar refractivity (Wildman–Crippen MR) is 80.0 cm³/mol. The molecule has 0 radical (unpaired) electrons. The molecule has 0 bridgehead atoms. The number of esters is 1. The zero-order valence-corrected chi connectivity index (χ0v) is 14.7. The summed E-state index contributed by atoms with van der Waals surface area (Å²) in [5.74, 6) is -1.33. The number of carbonyl (C=O) groups is 1. The molecule has 1 rings (SSSR count). The number of aliphatic hydroxyl groups is 1. The van der Waals surface area contributed by atoms with E-state index in [2.05, 4.69) is 4.74 Å². The maximum Gasteiger partial charge on any atom is 0.405 e. The fourth-order valence-corrected chi connectivity index (χ4v) is 3.21. The summed E-state index contributed by atoms with van der Waals surface area (Å²) in [4.78, 5) is 11.5. The van der Waals surface area contributed by atoms with E-state index in [0.29, 0.717) is 26.2 Å². The van der Waals surface area contributed by atoms with Crippen LogP contribution in [0.25, 0.3) is 0 Å². The summed E-state index contributed by atoms with van der Waals surface area (Å²) in [6, 6.07) is 0. The van der Waals surface area contributed by atoms with Crippen molar-refractivity contribution in [2.75, 3.05) is 6.61 Å². The zero-order valence-electron chi connectivity index (χ0n) is 13.9. The molecular formula is C14H24F2O7S. The van der Waals surface area contributed by atoms with E-state index in [9.17, 15) is 27.1 Å². The monoisotopic (exact) mass is 374 g/mol. The fraction of sp³-hybridized carbons (Fsp3) is 0.929. The van der Waals surface area contributed by atoms with Gasteiger partial charge in [0.15, 0.2) is 6.10 Å². The van der Waals surface area contributed by atoms with Gasteiger partial charge in [-0.3, -0.25) is 4.55 Å². The first-order valence-electron chi connectivity index (χ1n) is 7.77. The van der Waals surface area contributed by atoms with Crippen LogP contribution in [0, 0.1) is 5.92 Å². The largest absolute Gasteiger partial charge is 0.453 e. The molecule has 0 heterocycles. The normalized spacial score (nSPS) is 23.5. The van der Waals surface area contributed by atoms with Gasteiger partial charge in [0.05, 0.1) is 11.7 Å². The van der Waals surface area contributed by atoms with Gasteiger partial charge in [-0.15, -0.1) is 0 Å². The van der Waals surface area contributed by atoms with E-state index in [-0.39, 0.29) is 12.0 Å². The van der Waals surface area contributed by atoms with Crippen LogP contribution in [-0.4, -0.2) is 53.7 Å². The molecular weight excluding hydrogens is 350 g/mol. The Morgan fingerprint density at radius 3 is 2.21 bits per heavy atom. The van der Waals surface area contributed by atoms with Crippen LogP contribution in [0.1, 0.15) is 46.5 Å². The van der Waals surface area contributed by atoms with Gasteiger partial charge in [0.2, 0.25) is 0 Å². The van der Waals surface area contributed by atoms with E-state index < -0.39 is 39.7 Å². The number of alkyl halides is 2. The molecule has 10 heteroatoms. The summed E-state index contributed by atoms with van der Waals surface area (Å²) in [6.45, 7) is 3.69. The van der Waals surface area contributed by atoms with Crippen molar-refractivity contribution < 1.29 is 41.1 Å². The van der Waals surface area contributed by atoms with E-state index in [4.69, 9.17) is 9.29 Å². The lowest BCUT2D eigenvalue weighted by molar-refractivity contribution is -0.180. The molecule has 3 unspecified atom stereocenters. The molecule has 2 N–H and O–H groups in total. The fourth-order valence-electron chi connectivity index (χ4n) is 2.74. The standard InChI is InChI=1S/C14H24F2O7S/c1-4-13(18,5-2)10-6-7-11(10)22-8-12(17)23-9(3)14(15,16)24(19,20)21/h9-11,18H,4-8H2,1-3H3,(H,19,20,21). The number of ether oxygens (including phenoxy) is 2. The zero-order chi connectivity index (χ0) is 18.8. The molecule has 1 aliphatic rings. The van der Waals surface area contributed by atoms with Crippen LogP contribution < -0.4 is 0 Å². The van der Waals surface area contributed by atoms with Gasteiger partial charge in [-0.25, -0.2) is 4.79 Å².